The van der Waals surface area contributed by atoms with Crippen LogP contribution in [-0.2, 0) is 11.8 Å². The van der Waals surface area contributed by atoms with Gasteiger partial charge >= 0.3 is 0 Å². The average Bonchev–Trinajstić information content (AvgIpc) is 2.77. The zero-order valence-electron chi connectivity index (χ0n) is 17.4. The molecule has 3 aromatic carbocycles. The molecule has 0 fully saturated rings. The summed E-state index contributed by atoms with van der Waals surface area (Å²) >= 11 is 0. The van der Waals surface area contributed by atoms with E-state index in [0.717, 1.165) is 46.9 Å². The topological polar surface area (TPSA) is 26.3 Å². The van der Waals surface area contributed by atoms with E-state index in [1.165, 1.54) is 5.56 Å². The second-order valence-electron chi connectivity index (χ2n) is 7.35. The molecular formula is C26H29O2P. The summed E-state index contributed by atoms with van der Waals surface area (Å²) in [5, 5.41) is 1.07. The minimum atomic E-state index is -0.0584. The first-order valence-corrected chi connectivity index (χ1v) is 11.2. The Morgan fingerprint density at radius 1 is 0.897 bits per heavy atom. The molecule has 0 N–H and O–H groups in total. The summed E-state index contributed by atoms with van der Waals surface area (Å²) in [4.78, 5) is 11.6. The maximum absolute atomic E-state index is 11.6. The number of aldehydes is 1. The van der Waals surface area contributed by atoms with E-state index in [2.05, 4.69) is 57.2 Å². The quantitative estimate of drug-likeness (QED) is 0.304. The number of carbonyl (C=O) groups is 1. The van der Waals surface area contributed by atoms with E-state index in [-0.39, 0.29) is 5.16 Å². The first kappa shape index (κ1) is 21.3. The van der Waals surface area contributed by atoms with Crippen molar-refractivity contribution in [2.24, 2.45) is 0 Å². The standard InChI is InChI=1S/C26H29O2P/c1-4-26(5-2,29-24-17-10-9-15-22(24)18-27)23-16-11-12-20(3)25(23)28-19-21-13-7-6-8-14-21/h6-18,29H,4-5,19H2,1-3H3. The number of hydrogen-bond acceptors (Lipinski definition) is 2. The third kappa shape index (κ3) is 4.77. The molecule has 1 unspecified atom stereocenters. The molecule has 0 aliphatic heterocycles. The molecule has 1 atom stereocenters. The van der Waals surface area contributed by atoms with E-state index in [0.29, 0.717) is 15.2 Å². The van der Waals surface area contributed by atoms with Crippen LogP contribution in [0.5, 0.6) is 5.75 Å². The van der Waals surface area contributed by atoms with Gasteiger partial charge in [-0.25, -0.2) is 0 Å². The fourth-order valence-electron chi connectivity index (χ4n) is 3.80. The largest absolute Gasteiger partial charge is 0.488 e. The van der Waals surface area contributed by atoms with Crippen molar-refractivity contribution in [1.29, 1.82) is 0 Å². The molecule has 0 bridgehead atoms. The van der Waals surface area contributed by atoms with Crippen molar-refractivity contribution < 1.29 is 9.53 Å². The van der Waals surface area contributed by atoms with Gasteiger partial charge < -0.3 is 4.74 Å². The van der Waals surface area contributed by atoms with Crippen LogP contribution in [-0.4, -0.2) is 6.29 Å². The fraction of sp³-hybridized carbons (Fsp3) is 0.269. The van der Waals surface area contributed by atoms with Crippen molar-refractivity contribution >= 4 is 20.2 Å². The number of aryl methyl sites for hydroxylation is 1. The van der Waals surface area contributed by atoms with Gasteiger partial charge in [0.2, 0.25) is 0 Å². The Balaban J connectivity index is 2.00. The van der Waals surface area contributed by atoms with Gasteiger partial charge in [0.05, 0.1) is 0 Å². The normalized spacial score (nSPS) is 11.7. The highest BCUT2D eigenvalue weighted by molar-refractivity contribution is 7.48. The van der Waals surface area contributed by atoms with Gasteiger partial charge in [-0.05, 0) is 36.2 Å². The lowest BCUT2D eigenvalue weighted by molar-refractivity contribution is 0.112. The number of hydrogen-bond donors (Lipinski definition) is 0. The maximum atomic E-state index is 11.6. The number of carbonyl (C=O) groups excluding carboxylic acids is 1. The van der Waals surface area contributed by atoms with Crippen molar-refractivity contribution in [3.05, 3.63) is 95.1 Å². The van der Waals surface area contributed by atoms with Gasteiger partial charge in [0, 0.05) is 16.3 Å². The van der Waals surface area contributed by atoms with Crippen LogP contribution in [0.1, 0.15) is 53.7 Å². The molecule has 0 aromatic heterocycles. The van der Waals surface area contributed by atoms with Crippen molar-refractivity contribution in [2.75, 3.05) is 0 Å². The predicted octanol–water partition coefficient (Wildman–Crippen LogP) is 6.41. The second kappa shape index (κ2) is 9.85. The Bertz CT molecular complexity index is 946. The summed E-state index contributed by atoms with van der Waals surface area (Å²) in [7, 11) is 0.501. The van der Waals surface area contributed by atoms with Crippen LogP contribution in [0.3, 0.4) is 0 Å². The molecule has 0 aliphatic rings. The minimum absolute atomic E-state index is 0.0584. The summed E-state index contributed by atoms with van der Waals surface area (Å²) in [6.07, 6.45) is 2.95. The van der Waals surface area contributed by atoms with Gasteiger partial charge in [0.25, 0.3) is 0 Å². The molecule has 0 saturated carbocycles. The zero-order chi connectivity index (χ0) is 20.7. The first-order chi connectivity index (χ1) is 14.1. The zero-order valence-corrected chi connectivity index (χ0v) is 18.4. The average molecular weight is 404 g/mol. The maximum Gasteiger partial charge on any atom is 0.150 e. The number of para-hydroxylation sites is 1. The highest BCUT2D eigenvalue weighted by Gasteiger charge is 2.33. The summed E-state index contributed by atoms with van der Waals surface area (Å²) in [6, 6.07) is 24.7. The third-order valence-electron chi connectivity index (χ3n) is 5.62. The highest BCUT2D eigenvalue weighted by Crippen LogP contribution is 2.51. The Labute approximate surface area is 176 Å². The monoisotopic (exact) mass is 404 g/mol. The van der Waals surface area contributed by atoms with Crippen LogP contribution < -0.4 is 10.0 Å². The van der Waals surface area contributed by atoms with Crippen LogP contribution in [0.2, 0.25) is 0 Å². The van der Waals surface area contributed by atoms with Gasteiger partial charge in [-0.3, -0.25) is 4.79 Å². The molecule has 2 nitrogen and oxygen atoms in total. The Morgan fingerprint density at radius 2 is 1.59 bits per heavy atom. The molecule has 3 rings (SSSR count). The predicted molar refractivity (Wildman–Crippen MR) is 124 cm³/mol. The van der Waals surface area contributed by atoms with E-state index in [9.17, 15) is 4.79 Å². The van der Waals surface area contributed by atoms with Gasteiger partial charge in [-0.15, -0.1) is 0 Å². The molecule has 0 saturated heterocycles. The Hall–Kier alpha value is -2.44. The molecule has 29 heavy (non-hydrogen) atoms. The summed E-state index contributed by atoms with van der Waals surface area (Å²) in [5.74, 6) is 0.983. The summed E-state index contributed by atoms with van der Waals surface area (Å²) in [6.45, 7) is 7.14. The van der Waals surface area contributed by atoms with E-state index in [1.807, 2.05) is 36.4 Å². The Kier molecular flexibility index (Phi) is 7.23. The number of rotatable bonds is 9. The lowest BCUT2D eigenvalue weighted by Crippen LogP contribution is -2.24. The molecule has 3 aromatic rings. The van der Waals surface area contributed by atoms with E-state index < -0.39 is 0 Å². The van der Waals surface area contributed by atoms with Gasteiger partial charge in [-0.1, -0.05) is 95.2 Å². The molecule has 0 radical (unpaired) electrons. The fourth-order valence-corrected chi connectivity index (χ4v) is 5.46. The molecule has 150 valence electrons. The Morgan fingerprint density at radius 3 is 2.28 bits per heavy atom. The van der Waals surface area contributed by atoms with E-state index in [1.54, 1.807) is 0 Å². The molecule has 0 spiro atoms. The highest BCUT2D eigenvalue weighted by atomic mass is 31.1. The molecule has 0 aliphatic carbocycles. The van der Waals surface area contributed by atoms with Crippen LogP contribution in [0.25, 0.3) is 0 Å². The van der Waals surface area contributed by atoms with Gasteiger partial charge in [-0.2, -0.15) is 0 Å². The minimum Gasteiger partial charge on any atom is -0.488 e. The third-order valence-corrected chi connectivity index (χ3v) is 7.80. The summed E-state index contributed by atoms with van der Waals surface area (Å²) < 4.78 is 6.39. The second-order valence-corrected chi connectivity index (χ2v) is 9.09. The van der Waals surface area contributed by atoms with Crippen molar-refractivity contribution in [1.82, 2.24) is 0 Å². The van der Waals surface area contributed by atoms with Crippen molar-refractivity contribution in [2.45, 2.75) is 45.4 Å². The van der Waals surface area contributed by atoms with Gasteiger partial charge in [0.15, 0.2) is 6.29 Å². The first-order valence-electron chi connectivity index (χ1n) is 10.2. The van der Waals surface area contributed by atoms with E-state index >= 15 is 0 Å². The van der Waals surface area contributed by atoms with Crippen LogP contribution in [0.15, 0.2) is 72.8 Å². The molecular weight excluding hydrogens is 375 g/mol. The summed E-state index contributed by atoms with van der Waals surface area (Å²) in [5.41, 5.74) is 4.35. The number of benzene rings is 3. The lowest BCUT2D eigenvalue weighted by atomic mass is 9.90. The van der Waals surface area contributed by atoms with Crippen LogP contribution in [0.4, 0.5) is 0 Å². The van der Waals surface area contributed by atoms with Crippen molar-refractivity contribution in [3.63, 3.8) is 0 Å². The number of ether oxygens (including phenoxy) is 1. The van der Waals surface area contributed by atoms with Gasteiger partial charge in [0.1, 0.15) is 12.4 Å². The SMILES string of the molecule is CCC(CC)(Pc1ccccc1C=O)c1cccc(C)c1OCc1ccccc1. The smallest absolute Gasteiger partial charge is 0.150 e. The van der Waals surface area contributed by atoms with Crippen LogP contribution in [0, 0.1) is 6.92 Å². The lowest BCUT2D eigenvalue weighted by Gasteiger charge is -2.35. The molecule has 3 heteroatoms. The van der Waals surface area contributed by atoms with Crippen LogP contribution >= 0.6 is 8.58 Å². The van der Waals surface area contributed by atoms with E-state index in [4.69, 9.17) is 4.74 Å². The van der Waals surface area contributed by atoms with Crippen molar-refractivity contribution in [3.8, 4) is 5.75 Å². The molecule has 0 heterocycles. The molecule has 0 amide bonds.